The minimum atomic E-state index is 0.152. The molecule has 0 aromatic carbocycles. The van der Waals surface area contributed by atoms with E-state index in [1.807, 2.05) is 23.1 Å². The summed E-state index contributed by atoms with van der Waals surface area (Å²) in [5.74, 6) is 0.995. The van der Waals surface area contributed by atoms with Crippen LogP contribution in [0.1, 0.15) is 47.4 Å². The van der Waals surface area contributed by atoms with Gasteiger partial charge in [-0.2, -0.15) is 0 Å². The van der Waals surface area contributed by atoms with Crippen molar-refractivity contribution in [2.75, 3.05) is 6.54 Å². The van der Waals surface area contributed by atoms with Crippen LogP contribution in [-0.2, 0) is 0 Å². The van der Waals surface area contributed by atoms with Gasteiger partial charge in [0.05, 0.1) is 0 Å². The molecule has 19 heavy (non-hydrogen) atoms. The van der Waals surface area contributed by atoms with Gasteiger partial charge in [0, 0.05) is 18.3 Å². The summed E-state index contributed by atoms with van der Waals surface area (Å²) in [5.41, 5.74) is 0.963. The zero-order valence-corrected chi connectivity index (χ0v) is 12.3. The number of rotatable bonds is 1. The van der Waals surface area contributed by atoms with Gasteiger partial charge in [0.15, 0.2) is 0 Å². The number of hydrogen-bond acceptors (Lipinski definition) is 4. The SMILES string of the molecule is Cc1nnc2sc(C(=O)N3CCCCC3C)c(C)n12. The summed E-state index contributed by atoms with van der Waals surface area (Å²) in [6.45, 7) is 6.90. The highest BCUT2D eigenvalue weighted by atomic mass is 32.1. The highest BCUT2D eigenvalue weighted by Crippen LogP contribution is 2.27. The molecule has 2 aromatic rings. The minimum absolute atomic E-state index is 0.152. The van der Waals surface area contributed by atoms with E-state index < -0.39 is 0 Å². The maximum Gasteiger partial charge on any atom is 0.266 e. The number of likely N-dealkylation sites (tertiary alicyclic amines) is 1. The molecule has 0 bridgehead atoms. The Kier molecular flexibility index (Phi) is 3.05. The smallest absolute Gasteiger partial charge is 0.266 e. The molecular weight excluding hydrogens is 260 g/mol. The van der Waals surface area contributed by atoms with Gasteiger partial charge in [-0.1, -0.05) is 11.3 Å². The second kappa shape index (κ2) is 4.59. The minimum Gasteiger partial charge on any atom is -0.335 e. The third-order valence-electron chi connectivity index (χ3n) is 3.91. The van der Waals surface area contributed by atoms with E-state index >= 15 is 0 Å². The quantitative estimate of drug-likeness (QED) is 0.805. The highest BCUT2D eigenvalue weighted by molar-refractivity contribution is 7.19. The van der Waals surface area contributed by atoms with Crippen LogP contribution in [0.15, 0.2) is 0 Å². The molecule has 1 unspecified atom stereocenters. The van der Waals surface area contributed by atoms with Gasteiger partial charge in [0.2, 0.25) is 4.96 Å². The van der Waals surface area contributed by atoms with Gasteiger partial charge < -0.3 is 4.90 Å². The van der Waals surface area contributed by atoms with Gasteiger partial charge >= 0.3 is 0 Å². The summed E-state index contributed by atoms with van der Waals surface area (Å²) < 4.78 is 1.96. The van der Waals surface area contributed by atoms with Crippen LogP contribution in [0.4, 0.5) is 0 Å². The largest absolute Gasteiger partial charge is 0.335 e. The monoisotopic (exact) mass is 278 g/mol. The first-order valence-corrected chi connectivity index (χ1v) is 7.53. The predicted molar refractivity (Wildman–Crippen MR) is 74.7 cm³/mol. The van der Waals surface area contributed by atoms with Gasteiger partial charge in [-0.15, -0.1) is 10.2 Å². The summed E-state index contributed by atoms with van der Waals surface area (Å²) in [7, 11) is 0. The Morgan fingerprint density at radius 3 is 2.79 bits per heavy atom. The molecular formula is C13H18N4OS. The molecule has 1 fully saturated rings. The molecule has 3 rings (SSSR count). The van der Waals surface area contributed by atoms with Crippen molar-refractivity contribution < 1.29 is 4.79 Å². The first-order chi connectivity index (χ1) is 9.09. The lowest BCUT2D eigenvalue weighted by Gasteiger charge is -2.33. The van der Waals surface area contributed by atoms with Crippen molar-refractivity contribution in [2.45, 2.75) is 46.1 Å². The second-order valence-electron chi connectivity index (χ2n) is 5.23. The fourth-order valence-electron chi connectivity index (χ4n) is 2.79. The van der Waals surface area contributed by atoms with Crippen LogP contribution in [-0.4, -0.2) is 38.0 Å². The van der Waals surface area contributed by atoms with E-state index in [0.29, 0.717) is 6.04 Å². The van der Waals surface area contributed by atoms with Gasteiger partial charge in [0.25, 0.3) is 5.91 Å². The lowest BCUT2D eigenvalue weighted by atomic mass is 10.0. The standard InChI is InChI=1S/C13H18N4OS/c1-8-6-4-5-7-16(8)12(18)11-9(2)17-10(3)14-15-13(17)19-11/h8H,4-7H2,1-3H3. The Hall–Kier alpha value is -1.43. The van der Waals surface area contributed by atoms with Crippen LogP contribution in [0.25, 0.3) is 4.96 Å². The molecule has 5 nitrogen and oxygen atoms in total. The first kappa shape index (κ1) is 12.6. The van der Waals surface area contributed by atoms with E-state index in [0.717, 1.165) is 40.7 Å². The number of aromatic nitrogens is 3. The van der Waals surface area contributed by atoms with Crippen LogP contribution in [0.5, 0.6) is 0 Å². The zero-order chi connectivity index (χ0) is 13.6. The second-order valence-corrected chi connectivity index (χ2v) is 6.20. The molecule has 0 N–H and O–H groups in total. The molecule has 2 aromatic heterocycles. The van der Waals surface area contributed by atoms with Gasteiger partial charge in [-0.25, -0.2) is 0 Å². The number of thiazole rings is 1. The lowest BCUT2D eigenvalue weighted by molar-refractivity contribution is 0.0639. The number of aryl methyl sites for hydroxylation is 2. The normalized spacial score (nSPS) is 20.2. The number of fused-ring (bicyclic) bond motifs is 1. The summed E-state index contributed by atoms with van der Waals surface area (Å²) in [6.07, 6.45) is 3.44. The molecule has 1 aliphatic heterocycles. The summed E-state index contributed by atoms with van der Waals surface area (Å²) in [4.78, 5) is 16.3. The Morgan fingerprint density at radius 2 is 2.11 bits per heavy atom. The summed E-state index contributed by atoms with van der Waals surface area (Å²) >= 11 is 1.45. The van der Waals surface area contributed by atoms with Crippen molar-refractivity contribution in [3.8, 4) is 0 Å². The van der Waals surface area contributed by atoms with Crippen molar-refractivity contribution in [3.05, 3.63) is 16.4 Å². The number of hydrogen-bond donors (Lipinski definition) is 0. The Bertz CT molecular complexity index is 630. The topological polar surface area (TPSA) is 50.5 Å². The Labute approximate surface area is 116 Å². The summed E-state index contributed by atoms with van der Waals surface area (Å²) in [5, 5.41) is 8.15. The average molecular weight is 278 g/mol. The number of piperidine rings is 1. The van der Waals surface area contributed by atoms with Crippen molar-refractivity contribution in [3.63, 3.8) is 0 Å². The number of amides is 1. The lowest BCUT2D eigenvalue weighted by Crippen LogP contribution is -2.42. The number of carbonyl (C=O) groups excluding carboxylic acids is 1. The molecule has 102 valence electrons. The molecule has 0 saturated carbocycles. The summed E-state index contributed by atoms with van der Waals surface area (Å²) in [6, 6.07) is 0.342. The van der Waals surface area contributed by atoms with Crippen LogP contribution in [0.2, 0.25) is 0 Å². The maximum absolute atomic E-state index is 12.7. The molecule has 1 saturated heterocycles. The molecule has 1 amide bonds. The van der Waals surface area contributed by atoms with Crippen molar-refractivity contribution in [1.82, 2.24) is 19.5 Å². The molecule has 1 aliphatic rings. The fourth-order valence-corrected chi connectivity index (χ4v) is 3.86. The average Bonchev–Trinajstić information content (AvgIpc) is 2.91. The number of nitrogens with zero attached hydrogens (tertiary/aromatic N) is 4. The van der Waals surface area contributed by atoms with E-state index in [1.165, 1.54) is 17.8 Å². The predicted octanol–water partition coefficient (Wildman–Crippen LogP) is 2.42. The van der Waals surface area contributed by atoms with Gasteiger partial charge in [0.1, 0.15) is 10.7 Å². The van der Waals surface area contributed by atoms with Crippen molar-refractivity contribution >= 4 is 22.2 Å². The van der Waals surface area contributed by atoms with Crippen molar-refractivity contribution in [2.24, 2.45) is 0 Å². The molecule has 1 atom stereocenters. The molecule has 3 heterocycles. The van der Waals surface area contributed by atoms with Crippen LogP contribution in [0.3, 0.4) is 0 Å². The molecule has 0 aliphatic carbocycles. The Balaban J connectivity index is 1.99. The van der Waals surface area contributed by atoms with Crippen molar-refractivity contribution in [1.29, 1.82) is 0 Å². The molecule has 0 spiro atoms. The van der Waals surface area contributed by atoms with E-state index in [4.69, 9.17) is 0 Å². The van der Waals surface area contributed by atoms with E-state index in [-0.39, 0.29) is 5.91 Å². The van der Waals surface area contributed by atoms with Gasteiger partial charge in [-0.05, 0) is 40.0 Å². The third-order valence-corrected chi connectivity index (χ3v) is 5.03. The molecule has 0 radical (unpaired) electrons. The first-order valence-electron chi connectivity index (χ1n) is 6.71. The maximum atomic E-state index is 12.7. The third kappa shape index (κ3) is 1.94. The van der Waals surface area contributed by atoms with Crippen LogP contribution in [0, 0.1) is 13.8 Å². The van der Waals surface area contributed by atoms with E-state index in [1.54, 1.807) is 0 Å². The van der Waals surface area contributed by atoms with E-state index in [2.05, 4.69) is 17.1 Å². The fraction of sp³-hybridized carbons (Fsp3) is 0.615. The zero-order valence-electron chi connectivity index (χ0n) is 11.5. The van der Waals surface area contributed by atoms with E-state index in [9.17, 15) is 4.79 Å². The van der Waals surface area contributed by atoms with Crippen LogP contribution >= 0.6 is 11.3 Å². The Morgan fingerprint density at radius 1 is 1.32 bits per heavy atom. The van der Waals surface area contributed by atoms with Gasteiger partial charge in [-0.3, -0.25) is 9.20 Å². The number of carbonyl (C=O) groups is 1. The highest BCUT2D eigenvalue weighted by Gasteiger charge is 2.28. The molecule has 6 heteroatoms. The van der Waals surface area contributed by atoms with Crippen LogP contribution < -0.4 is 0 Å².